The molecular weight excluding hydrogens is 260 g/mol. The SMILES string of the molecule is CCCCOS(=O)(=O)C(CCCC)c1ccccc1. The highest BCUT2D eigenvalue weighted by atomic mass is 32.2. The molecule has 4 heteroatoms. The molecule has 0 radical (unpaired) electrons. The van der Waals surface area contributed by atoms with Crippen LogP contribution in [0.4, 0.5) is 0 Å². The molecule has 19 heavy (non-hydrogen) atoms. The minimum absolute atomic E-state index is 0.286. The lowest BCUT2D eigenvalue weighted by molar-refractivity contribution is 0.303. The van der Waals surface area contributed by atoms with Crippen molar-refractivity contribution in [2.24, 2.45) is 0 Å². The van der Waals surface area contributed by atoms with Crippen LogP contribution in [-0.4, -0.2) is 15.0 Å². The summed E-state index contributed by atoms with van der Waals surface area (Å²) < 4.78 is 29.7. The number of hydrogen-bond acceptors (Lipinski definition) is 3. The standard InChI is InChI=1S/C15H24O3S/c1-3-5-12-15(14-10-8-7-9-11-14)19(16,17)18-13-6-4-2/h7-11,15H,3-6,12-13H2,1-2H3. The van der Waals surface area contributed by atoms with Gasteiger partial charge in [-0.3, -0.25) is 4.18 Å². The molecule has 0 aliphatic heterocycles. The van der Waals surface area contributed by atoms with Gasteiger partial charge in [0.2, 0.25) is 0 Å². The number of unbranched alkanes of at least 4 members (excludes halogenated alkanes) is 2. The molecule has 1 unspecified atom stereocenters. The fourth-order valence-electron chi connectivity index (χ4n) is 1.94. The quantitative estimate of drug-likeness (QED) is 0.507. The van der Waals surface area contributed by atoms with Gasteiger partial charge in [0, 0.05) is 0 Å². The van der Waals surface area contributed by atoms with Crippen LogP contribution >= 0.6 is 0 Å². The maximum Gasteiger partial charge on any atom is 0.274 e. The first-order valence-electron chi connectivity index (χ1n) is 7.05. The molecule has 0 heterocycles. The molecule has 1 rings (SSSR count). The topological polar surface area (TPSA) is 43.4 Å². The van der Waals surface area contributed by atoms with Crippen molar-refractivity contribution < 1.29 is 12.6 Å². The molecule has 1 aromatic carbocycles. The van der Waals surface area contributed by atoms with Crippen molar-refractivity contribution in [3.63, 3.8) is 0 Å². The van der Waals surface area contributed by atoms with Gasteiger partial charge in [0.05, 0.1) is 6.61 Å². The predicted octanol–water partition coefficient (Wildman–Crippen LogP) is 4.06. The average molecular weight is 284 g/mol. The lowest BCUT2D eigenvalue weighted by atomic mass is 10.1. The average Bonchev–Trinajstić information content (AvgIpc) is 2.40. The van der Waals surface area contributed by atoms with E-state index < -0.39 is 15.4 Å². The Bertz CT molecular complexity index is 440. The van der Waals surface area contributed by atoms with Crippen molar-refractivity contribution in [3.05, 3.63) is 35.9 Å². The summed E-state index contributed by atoms with van der Waals surface area (Å²) in [5.41, 5.74) is 0.826. The van der Waals surface area contributed by atoms with Gasteiger partial charge in [-0.15, -0.1) is 0 Å². The van der Waals surface area contributed by atoms with Crippen LogP contribution in [0.3, 0.4) is 0 Å². The third-order valence-electron chi connectivity index (χ3n) is 3.09. The Balaban J connectivity index is 2.84. The number of hydrogen-bond donors (Lipinski definition) is 0. The summed E-state index contributed by atoms with van der Waals surface area (Å²) in [5, 5.41) is -0.537. The second-order valence-electron chi connectivity index (χ2n) is 4.71. The molecule has 0 saturated carbocycles. The maximum absolute atomic E-state index is 12.3. The molecule has 0 N–H and O–H groups in total. The Morgan fingerprint density at radius 3 is 2.26 bits per heavy atom. The molecule has 1 atom stereocenters. The Kier molecular flexibility index (Phi) is 7.10. The molecule has 0 spiro atoms. The Labute approximate surface area is 117 Å². The van der Waals surface area contributed by atoms with Crippen LogP contribution in [0.1, 0.15) is 56.8 Å². The zero-order chi connectivity index (χ0) is 14.1. The van der Waals surface area contributed by atoms with E-state index in [1.165, 1.54) is 0 Å². The van der Waals surface area contributed by atoms with Gasteiger partial charge < -0.3 is 0 Å². The first-order chi connectivity index (χ1) is 9.11. The summed E-state index contributed by atoms with van der Waals surface area (Å²) in [6.45, 7) is 4.36. The number of benzene rings is 1. The molecular formula is C15H24O3S. The predicted molar refractivity (Wildman–Crippen MR) is 78.5 cm³/mol. The maximum atomic E-state index is 12.3. The zero-order valence-electron chi connectivity index (χ0n) is 11.8. The minimum Gasteiger partial charge on any atom is -0.270 e. The lowest BCUT2D eigenvalue weighted by Crippen LogP contribution is -2.17. The van der Waals surface area contributed by atoms with E-state index in [-0.39, 0.29) is 6.61 Å². The summed E-state index contributed by atoms with van der Waals surface area (Å²) in [4.78, 5) is 0. The van der Waals surface area contributed by atoms with E-state index in [1.54, 1.807) is 0 Å². The lowest BCUT2D eigenvalue weighted by Gasteiger charge is -2.17. The highest BCUT2D eigenvalue weighted by Gasteiger charge is 2.27. The highest BCUT2D eigenvalue weighted by molar-refractivity contribution is 7.87. The molecule has 0 fully saturated rings. The smallest absolute Gasteiger partial charge is 0.270 e. The molecule has 3 nitrogen and oxygen atoms in total. The van der Waals surface area contributed by atoms with E-state index in [2.05, 4.69) is 6.92 Å². The molecule has 1 aromatic rings. The van der Waals surface area contributed by atoms with Gasteiger partial charge in [-0.2, -0.15) is 8.42 Å². The first kappa shape index (κ1) is 16.2. The van der Waals surface area contributed by atoms with Crippen LogP contribution in [-0.2, 0) is 14.3 Å². The fraction of sp³-hybridized carbons (Fsp3) is 0.600. The third-order valence-corrected chi connectivity index (χ3v) is 4.79. The van der Waals surface area contributed by atoms with Gasteiger partial charge in [0.25, 0.3) is 10.1 Å². The molecule has 108 valence electrons. The van der Waals surface area contributed by atoms with Crippen molar-refractivity contribution in [3.8, 4) is 0 Å². The van der Waals surface area contributed by atoms with E-state index in [9.17, 15) is 8.42 Å². The van der Waals surface area contributed by atoms with Crippen molar-refractivity contribution in [2.45, 2.75) is 51.2 Å². The highest BCUT2D eigenvalue weighted by Crippen LogP contribution is 2.29. The van der Waals surface area contributed by atoms with Crippen LogP contribution in [0.2, 0.25) is 0 Å². The van der Waals surface area contributed by atoms with Crippen molar-refractivity contribution in [2.75, 3.05) is 6.61 Å². The van der Waals surface area contributed by atoms with E-state index >= 15 is 0 Å². The van der Waals surface area contributed by atoms with Crippen molar-refractivity contribution in [1.82, 2.24) is 0 Å². The second kappa shape index (κ2) is 8.33. The summed E-state index contributed by atoms with van der Waals surface area (Å²) in [5.74, 6) is 0. The molecule has 0 amide bonds. The minimum atomic E-state index is -3.52. The first-order valence-corrected chi connectivity index (χ1v) is 8.52. The van der Waals surface area contributed by atoms with Crippen molar-refractivity contribution in [1.29, 1.82) is 0 Å². The van der Waals surface area contributed by atoms with Gasteiger partial charge >= 0.3 is 0 Å². The van der Waals surface area contributed by atoms with Crippen molar-refractivity contribution >= 4 is 10.1 Å². The van der Waals surface area contributed by atoms with Gasteiger partial charge in [0.1, 0.15) is 5.25 Å². The third kappa shape index (κ3) is 5.33. The molecule has 0 bridgehead atoms. The van der Waals surface area contributed by atoms with Gasteiger partial charge in [-0.1, -0.05) is 63.4 Å². The summed E-state index contributed by atoms with van der Waals surface area (Å²) in [7, 11) is -3.52. The van der Waals surface area contributed by atoms with Gasteiger partial charge in [-0.25, -0.2) is 0 Å². The largest absolute Gasteiger partial charge is 0.274 e. The molecule has 0 saturated heterocycles. The zero-order valence-corrected chi connectivity index (χ0v) is 12.7. The molecule has 0 aromatic heterocycles. The number of rotatable bonds is 9. The Morgan fingerprint density at radius 1 is 1.05 bits per heavy atom. The summed E-state index contributed by atoms with van der Waals surface area (Å²) >= 11 is 0. The summed E-state index contributed by atoms with van der Waals surface area (Å²) in [6.07, 6.45) is 4.19. The van der Waals surface area contributed by atoms with Crippen LogP contribution in [0.25, 0.3) is 0 Å². The molecule has 0 aliphatic carbocycles. The normalized spacial score (nSPS) is 13.4. The Hall–Kier alpha value is -0.870. The van der Waals surface area contributed by atoms with Crippen LogP contribution < -0.4 is 0 Å². The van der Waals surface area contributed by atoms with Crippen LogP contribution in [0.5, 0.6) is 0 Å². The van der Waals surface area contributed by atoms with E-state index in [0.29, 0.717) is 6.42 Å². The van der Waals surface area contributed by atoms with E-state index in [4.69, 9.17) is 4.18 Å². The van der Waals surface area contributed by atoms with E-state index in [0.717, 1.165) is 31.2 Å². The van der Waals surface area contributed by atoms with Gasteiger partial charge in [0.15, 0.2) is 0 Å². The van der Waals surface area contributed by atoms with Crippen LogP contribution in [0.15, 0.2) is 30.3 Å². The fourth-order valence-corrected chi connectivity index (χ4v) is 3.40. The molecule has 0 aliphatic rings. The Morgan fingerprint density at radius 2 is 1.68 bits per heavy atom. The van der Waals surface area contributed by atoms with Gasteiger partial charge in [-0.05, 0) is 18.4 Å². The second-order valence-corrected chi connectivity index (χ2v) is 6.50. The van der Waals surface area contributed by atoms with Crippen LogP contribution in [0, 0.1) is 0 Å². The monoisotopic (exact) mass is 284 g/mol. The summed E-state index contributed by atoms with van der Waals surface area (Å²) in [6, 6.07) is 9.36. The van der Waals surface area contributed by atoms with E-state index in [1.807, 2.05) is 37.3 Å².